The molecular formula is C38H58N2O6. The van der Waals surface area contributed by atoms with E-state index in [0.29, 0.717) is 37.5 Å². The van der Waals surface area contributed by atoms with Crippen LogP contribution in [-0.4, -0.2) is 86.6 Å². The van der Waals surface area contributed by atoms with Crippen LogP contribution in [0.2, 0.25) is 0 Å². The predicted molar refractivity (Wildman–Crippen MR) is 182 cm³/mol. The number of aliphatic hydroxyl groups is 2. The van der Waals surface area contributed by atoms with Gasteiger partial charge in [-0.1, -0.05) is 27.7 Å². The van der Waals surface area contributed by atoms with E-state index in [1.54, 1.807) is 24.3 Å². The molecule has 0 radical (unpaired) electrons. The lowest BCUT2D eigenvalue weighted by Gasteiger charge is -2.46. The number of hydrogen-bond donors (Lipinski definition) is 2. The summed E-state index contributed by atoms with van der Waals surface area (Å²) >= 11 is 0. The number of ether oxygens (including phenoxy) is 4. The Morgan fingerprint density at radius 1 is 0.652 bits per heavy atom. The Morgan fingerprint density at radius 2 is 1.02 bits per heavy atom. The van der Waals surface area contributed by atoms with Gasteiger partial charge in [0.25, 0.3) is 0 Å². The minimum Gasteiger partial charge on any atom is -0.493 e. The van der Waals surface area contributed by atoms with Crippen LogP contribution in [0.3, 0.4) is 0 Å². The molecule has 4 heterocycles. The van der Waals surface area contributed by atoms with E-state index in [-0.39, 0.29) is 46.9 Å². The lowest BCUT2D eigenvalue weighted by atomic mass is 9.79. The van der Waals surface area contributed by atoms with Crippen molar-refractivity contribution in [2.75, 3.05) is 54.3 Å². The number of nitrogens with zero attached hydrogens (tertiary/aromatic N) is 2. The van der Waals surface area contributed by atoms with Crippen LogP contribution >= 0.6 is 0 Å². The van der Waals surface area contributed by atoms with Gasteiger partial charge in [-0.15, -0.1) is 0 Å². The molecule has 4 aliphatic heterocycles. The summed E-state index contributed by atoms with van der Waals surface area (Å²) < 4.78 is 109. The van der Waals surface area contributed by atoms with Gasteiger partial charge in [0.15, 0.2) is 23.0 Å². The smallest absolute Gasteiger partial charge is 0.161 e. The normalized spacial score (nSPS) is 32.4. The van der Waals surface area contributed by atoms with Crippen LogP contribution in [0.1, 0.15) is 104 Å². The van der Waals surface area contributed by atoms with E-state index in [4.69, 9.17) is 35.4 Å². The van der Waals surface area contributed by atoms with Gasteiger partial charge in [0, 0.05) is 38.3 Å². The van der Waals surface area contributed by atoms with Crippen LogP contribution in [0.15, 0.2) is 24.3 Å². The summed E-state index contributed by atoms with van der Waals surface area (Å²) in [6, 6.07) is 6.19. The van der Waals surface area contributed by atoms with Crippen molar-refractivity contribution in [2.24, 2.45) is 23.7 Å². The predicted octanol–water partition coefficient (Wildman–Crippen LogP) is 6.06. The Hall–Kier alpha value is -2.52. The number of methoxy groups -OCH3 is 4. The van der Waals surface area contributed by atoms with E-state index in [2.05, 4.69) is 37.5 Å². The van der Waals surface area contributed by atoms with Gasteiger partial charge in [0.2, 0.25) is 0 Å². The lowest BCUT2D eigenvalue weighted by molar-refractivity contribution is -0.0192. The summed E-state index contributed by atoms with van der Waals surface area (Å²) in [7, 11) is -10.9. The molecule has 0 unspecified atom stereocenters. The molecule has 0 amide bonds. The molecule has 6 rings (SSSR count). The van der Waals surface area contributed by atoms with Crippen molar-refractivity contribution in [1.29, 1.82) is 0 Å². The molecule has 6 atom stereocenters. The van der Waals surface area contributed by atoms with E-state index < -0.39 is 40.4 Å². The van der Waals surface area contributed by atoms with Gasteiger partial charge in [-0.2, -0.15) is 0 Å². The SMILES string of the molecule is [2H][13C]([2H])([2H])Oc1cc2c(cc1O[13C]([2H])([2H])[2H])[C@@H]1C[C@@H](O)[C@@H](CC(C)C)CN1CC2.[2H][13C]([2H])([2H])Oc1cc2c(cc1O[13C]([2H])([2H])[2H])[C@@H]1C[C@H](O)[C@@H](CC(C)C)CN1CC2. The summed E-state index contributed by atoms with van der Waals surface area (Å²) in [4.78, 5) is 4.65. The summed E-state index contributed by atoms with van der Waals surface area (Å²) in [5.74, 6) is 1.02. The first-order chi connectivity index (χ1) is 26.6. The summed E-state index contributed by atoms with van der Waals surface area (Å²) in [5, 5.41) is 21.4. The van der Waals surface area contributed by atoms with Crippen molar-refractivity contribution in [3.63, 3.8) is 0 Å². The van der Waals surface area contributed by atoms with Crippen LogP contribution < -0.4 is 18.9 Å². The van der Waals surface area contributed by atoms with Gasteiger partial charge in [0.1, 0.15) is 0 Å². The fourth-order valence-electron chi connectivity index (χ4n) is 8.19. The van der Waals surface area contributed by atoms with Gasteiger partial charge in [-0.25, -0.2) is 0 Å². The van der Waals surface area contributed by atoms with E-state index in [1.807, 2.05) is 0 Å². The lowest BCUT2D eigenvalue weighted by Crippen LogP contribution is -2.48. The van der Waals surface area contributed by atoms with Gasteiger partial charge in [0.05, 0.1) is 56.8 Å². The number of fused-ring (bicyclic) bond motifs is 6. The molecule has 256 valence electrons. The highest BCUT2D eigenvalue weighted by Gasteiger charge is 2.40. The maximum atomic E-state index is 10.7. The van der Waals surface area contributed by atoms with Crippen molar-refractivity contribution in [2.45, 2.75) is 90.5 Å². The first-order valence-corrected chi connectivity index (χ1v) is 16.6. The molecule has 0 saturated carbocycles. The third-order valence-electron chi connectivity index (χ3n) is 10.3. The molecule has 2 aromatic rings. The molecule has 2 saturated heterocycles. The molecule has 2 N–H and O–H groups in total. The highest BCUT2D eigenvalue weighted by Crippen LogP contribution is 2.45. The van der Waals surface area contributed by atoms with Crippen molar-refractivity contribution in [3.05, 3.63) is 46.5 Å². The first kappa shape index (κ1) is 22.2. The first-order valence-electron chi connectivity index (χ1n) is 22.6. The Bertz CT molecular complexity index is 1590. The quantitative estimate of drug-likeness (QED) is 0.333. The average molecular weight is 655 g/mol. The maximum Gasteiger partial charge on any atom is 0.161 e. The molecule has 0 aromatic heterocycles. The fraction of sp³-hybridized carbons (Fsp3) is 0.684. The molecule has 2 fully saturated rings. The minimum absolute atomic E-state index is 0.0575. The second-order valence-electron chi connectivity index (χ2n) is 14.3. The molecule has 0 spiro atoms. The molecule has 8 nitrogen and oxygen atoms in total. The zero-order valence-corrected chi connectivity index (χ0v) is 27.4. The van der Waals surface area contributed by atoms with E-state index in [1.165, 1.54) is 0 Å². The molecule has 4 aliphatic rings. The summed E-state index contributed by atoms with van der Waals surface area (Å²) in [6.45, 7) is 11.8. The fourth-order valence-corrected chi connectivity index (χ4v) is 8.19. The van der Waals surface area contributed by atoms with Crippen LogP contribution in [0.4, 0.5) is 0 Å². The molecule has 0 bridgehead atoms. The molecular weight excluding hydrogens is 584 g/mol. The number of aliphatic hydroxyl groups excluding tert-OH is 2. The highest BCUT2D eigenvalue weighted by atomic mass is 16.6. The molecule has 2 aromatic carbocycles. The van der Waals surface area contributed by atoms with Crippen LogP contribution in [0.25, 0.3) is 0 Å². The Labute approximate surface area is 293 Å². The third-order valence-corrected chi connectivity index (χ3v) is 10.3. The number of rotatable bonds is 8. The van der Waals surface area contributed by atoms with Gasteiger partial charge in [-0.3, -0.25) is 9.80 Å². The topological polar surface area (TPSA) is 83.9 Å². The van der Waals surface area contributed by atoms with E-state index in [9.17, 15) is 10.2 Å². The zero-order chi connectivity index (χ0) is 43.1. The van der Waals surface area contributed by atoms with Gasteiger partial charge < -0.3 is 29.2 Å². The minimum atomic E-state index is -2.73. The summed E-state index contributed by atoms with van der Waals surface area (Å²) in [6.07, 6.45) is 3.54. The largest absolute Gasteiger partial charge is 0.493 e. The highest BCUT2D eigenvalue weighted by molar-refractivity contribution is 5.50. The molecule has 0 aliphatic carbocycles. The Morgan fingerprint density at radius 3 is 1.37 bits per heavy atom. The molecule has 46 heavy (non-hydrogen) atoms. The molecule has 8 heteroatoms. The van der Waals surface area contributed by atoms with Crippen molar-refractivity contribution < 1.29 is 45.6 Å². The Balaban J connectivity index is 0.000000221. The zero-order valence-electron chi connectivity index (χ0n) is 39.4. The van der Waals surface area contributed by atoms with Gasteiger partial charge >= 0.3 is 0 Å². The average Bonchev–Trinajstić information content (AvgIpc) is 3.04. The monoisotopic (exact) mass is 655 g/mol. The maximum absolute atomic E-state index is 10.7. The van der Waals surface area contributed by atoms with Crippen molar-refractivity contribution >= 4 is 0 Å². The number of hydrogen-bond acceptors (Lipinski definition) is 8. The van der Waals surface area contributed by atoms with Gasteiger partial charge in [-0.05, 0) is 109 Å². The summed E-state index contributed by atoms with van der Waals surface area (Å²) in [5.41, 5.74) is 3.54. The van der Waals surface area contributed by atoms with Crippen molar-refractivity contribution in [3.8, 4) is 23.0 Å². The Kier molecular flexibility index (Phi) is 7.30. The number of benzene rings is 2. The van der Waals surface area contributed by atoms with Crippen molar-refractivity contribution in [1.82, 2.24) is 9.80 Å². The standard InChI is InChI=1S/2C19H29NO3/c2*1-12(2)7-14-11-20-6-5-13-8-18(22-3)19(23-4)9-15(13)16(20)10-17(14)21/h2*8-9,12,14,16-17,21H,5-7,10-11H2,1-4H3/t14-,16-,17+;14-,16-,17-/m00/s1/i2*3+1D3,4+1D3. The van der Waals surface area contributed by atoms with Crippen LogP contribution in [-0.2, 0) is 12.8 Å². The second-order valence-corrected chi connectivity index (χ2v) is 14.3. The third kappa shape index (κ3) is 7.46. The second kappa shape index (κ2) is 15.1. The van der Waals surface area contributed by atoms with Crippen LogP contribution in [0, 0.1) is 23.7 Å². The van der Waals surface area contributed by atoms with Crippen LogP contribution in [0.5, 0.6) is 23.0 Å². The number of piperidine rings is 2. The van der Waals surface area contributed by atoms with E-state index >= 15 is 0 Å². The van der Waals surface area contributed by atoms with E-state index in [0.717, 1.165) is 61.3 Å².